The summed E-state index contributed by atoms with van der Waals surface area (Å²) in [7, 11) is -1.10. The molecule has 1 N–H and O–H groups in total. The first-order valence-electron chi connectivity index (χ1n) is 8.22. The van der Waals surface area contributed by atoms with Gasteiger partial charge in [-0.3, -0.25) is 4.79 Å². The highest BCUT2D eigenvalue weighted by molar-refractivity contribution is 7.91. The van der Waals surface area contributed by atoms with Gasteiger partial charge in [0.1, 0.15) is 5.69 Å². The number of sulfone groups is 1. The fourth-order valence-electron chi connectivity index (χ4n) is 2.95. The molecule has 1 saturated heterocycles. The molecule has 0 radical (unpaired) electrons. The molecule has 1 atom stereocenters. The zero-order chi connectivity index (χ0) is 18.9. The first-order chi connectivity index (χ1) is 12.3. The van der Waals surface area contributed by atoms with Gasteiger partial charge < -0.3 is 10.2 Å². The van der Waals surface area contributed by atoms with Gasteiger partial charge in [-0.25, -0.2) is 13.4 Å². The Morgan fingerprint density at radius 3 is 2.69 bits per heavy atom. The van der Waals surface area contributed by atoms with Crippen LogP contribution in [-0.2, 0) is 9.84 Å². The monoisotopic (exact) mass is 393 g/mol. The molecule has 3 rings (SSSR count). The van der Waals surface area contributed by atoms with Crippen LogP contribution in [0, 0.1) is 6.92 Å². The lowest BCUT2D eigenvalue weighted by Crippen LogP contribution is -2.32. The van der Waals surface area contributed by atoms with Gasteiger partial charge in [0.15, 0.2) is 9.84 Å². The smallest absolute Gasteiger partial charge is 0.274 e. The third-order valence-corrected chi connectivity index (χ3v) is 6.82. The summed E-state index contributed by atoms with van der Waals surface area (Å²) in [6.45, 7) is 1.83. The fraction of sp³-hybridized carbons (Fsp3) is 0.333. The summed E-state index contributed by atoms with van der Waals surface area (Å²) >= 11 is 6.07. The number of carbonyl (C=O) groups excluding carboxylic acids is 1. The van der Waals surface area contributed by atoms with Crippen LogP contribution in [0.15, 0.2) is 36.5 Å². The summed E-state index contributed by atoms with van der Waals surface area (Å²) in [5.41, 5.74) is 2.49. The summed E-state index contributed by atoms with van der Waals surface area (Å²) in [6, 6.07) is 8.66. The minimum absolute atomic E-state index is 0.0596. The van der Waals surface area contributed by atoms with E-state index in [1.54, 1.807) is 36.5 Å². The van der Waals surface area contributed by atoms with Crippen LogP contribution in [0.5, 0.6) is 0 Å². The number of hydrogen-bond acceptors (Lipinski definition) is 5. The Morgan fingerprint density at radius 2 is 2.08 bits per heavy atom. The topological polar surface area (TPSA) is 79.4 Å². The summed E-state index contributed by atoms with van der Waals surface area (Å²) in [4.78, 5) is 18.5. The zero-order valence-electron chi connectivity index (χ0n) is 14.6. The predicted octanol–water partition coefficient (Wildman–Crippen LogP) is 2.92. The lowest BCUT2D eigenvalue weighted by molar-refractivity contribution is 0.102. The molecular weight excluding hydrogens is 374 g/mol. The molecule has 26 heavy (non-hydrogen) atoms. The second kappa shape index (κ2) is 7.25. The predicted molar refractivity (Wildman–Crippen MR) is 104 cm³/mol. The number of rotatable bonds is 4. The maximum Gasteiger partial charge on any atom is 0.274 e. The highest BCUT2D eigenvalue weighted by atomic mass is 35.5. The van der Waals surface area contributed by atoms with Crippen LogP contribution in [0.2, 0.25) is 5.02 Å². The minimum Gasteiger partial charge on any atom is -0.369 e. The van der Waals surface area contributed by atoms with Crippen molar-refractivity contribution in [1.82, 2.24) is 4.98 Å². The van der Waals surface area contributed by atoms with Gasteiger partial charge in [0.2, 0.25) is 0 Å². The molecule has 0 spiro atoms. The molecule has 2 aromatic rings. The molecule has 0 bridgehead atoms. The Morgan fingerprint density at radius 1 is 1.31 bits per heavy atom. The fourth-order valence-corrected chi connectivity index (χ4v) is 4.90. The van der Waals surface area contributed by atoms with Crippen molar-refractivity contribution in [2.45, 2.75) is 19.4 Å². The molecule has 1 aromatic carbocycles. The highest BCUT2D eigenvalue weighted by Crippen LogP contribution is 2.24. The van der Waals surface area contributed by atoms with Crippen LogP contribution >= 0.6 is 11.6 Å². The van der Waals surface area contributed by atoms with E-state index in [2.05, 4.69) is 10.3 Å². The molecule has 0 aliphatic carbocycles. The number of pyridine rings is 1. The maximum atomic E-state index is 12.4. The molecule has 138 valence electrons. The molecule has 1 unspecified atom stereocenters. The van der Waals surface area contributed by atoms with E-state index in [1.807, 2.05) is 18.9 Å². The van der Waals surface area contributed by atoms with Crippen LogP contribution in [-0.4, -0.2) is 43.9 Å². The number of carbonyl (C=O) groups is 1. The summed E-state index contributed by atoms with van der Waals surface area (Å²) in [5, 5.41) is 3.39. The van der Waals surface area contributed by atoms with Crippen molar-refractivity contribution in [2.75, 3.05) is 28.8 Å². The number of hydrogen-bond donors (Lipinski definition) is 1. The van der Waals surface area contributed by atoms with Crippen molar-refractivity contribution in [3.63, 3.8) is 0 Å². The van der Waals surface area contributed by atoms with Crippen LogP contribution in [0.1, 0.15) is 22.5 Å². The standard InChI is InChI=1S/C18H20ClN3O3S/c1-12-15(19)4-3-5-16(12)21-18(23)17-7-6-13(10-20-17)22(2)14-8-9-26(24,25)11-14/h3-7,10,14H,8-9,11H2,1-2H3,(H,21,23). The zero-order valence-corrected chi connectivity index (χ0v) is 16.1. The number of amides is 1. The lowest BCUT2D eigenvalue weighted by Gasteiger charge is -2.25. The average Bonchev–Trinajstić information content (AvgIpc) is 2.98. The van der Waals surface area contributed by atoms with E-state index >= 15 is 0 Å². The number of aromatic nitrogens is 1. The maximum absolute atomic E-state index is 12.4. The SMILES string of the molecule is Cc1c(Cl)cccc1NC(=O)c1ccc(N(C)C2CCS(=O)(=O)C2)cn1. The van der Waals surface area contributed by atoms with Crippen molar-refractivity contribution in [1.29, 1.82) is 0 Å². The van der Waals surface area contributed by atoms with E-state index in [4.69, 9.17) is 11.6 Å². The van der Waals surface area contributed by atoms with Gasteiger partial charge in [0, 0.05) is 23.8 Å². The van der Waals surface area contributed by atoms with Crippen LogP contribution in [0.25, 0.3) is 0 Å². The van der Waals surface area contributed by atoms with Crippen LogP contribution in [0.4, 0.5) is 11.4 Å². The molecule has 0 saturated carbocycles. The van der Waals surface area contributed by atoms with Crippen LogP contribution < -0.4 is 10.2 Å². The van der Waals surface area contributed by atoms with Gasteiger partial charge in [-0.1, -0.05) is 17.7 Å². The Balaban J connectivity index is 1.71. The van der Waals surface area contributed by atoms with Gasteiger partial charge in [0.25, 0.3) is 5.91 Å². The molecule has 1 aliphatic rings. The summed E-state index contributed by atoms with van der Waals surface area (Å²) < 4.78 is 23.3. The first-order valence-corrected chi connectivity index (χ1v) is 10.4. The van der Waals surface area contributed by atoms with Gasteiger partial charge >= 0.3 is 0 Å². The molecule has 1 aliphatic heterocycles. The van der Waals surface area contributed by atoms with Crippen molar-refractivity contribution in [3.05, 3.63) is 52.8 Å². The van der Waals surface area contributed by atoms with Crippen LogP contribution in [0.3, 0.4) is 0 Å². The van der Waals surface area contributed by atoms with E-state index < -0.39 is 9.84 Å². The minimum atomic E-state index is -2.95. The second-order valence-corrected chi connectivity index (χ2v) is 9.07. The van der Waals surface area contributed by atoms with Crippen molar-refractivity contribution >= 4 is 38.7 Å². The molecular formula is C18H20ClN3O3S. The van der Waals surface area contributed by atoms with Gasteiger partial charge in [-0.05, 0) is 43.2 Å². The van der Waals surface area contributed by atoms with E-state index in [-0.39, 0.29) is 29.1 Å². The molecule has 2 heterocycles. The second-order valence-electron chi connectivity index (χ2n) is 6.44. The lowest BCUT2D eigenvalue weighted by atomic mass is 10.2. The number of nitrogens with one attached hydrogen (secondary N) is 1. The van der Waals surface area contributed by atoms with Gasteiger partial charge in [-0.15, -0.1) is 0 Å². The third-order valence-electron chi connectivity index (χ3n) is 4.66. The van der Waals surface area contributed by atoms with Crippen molar-refractivity contribution in [2.24, 2.45) is 0 Å². The van der Waals surface area contributed by atoms with E-state index in [9.17, 15) is 13.2 Å². The Bertz CT molecular complexity index is 929. The summed E-state index contributed by atoms with van der Waals surface area (Å²) in [5.74, 6) is 0.0438. The first kappa shape index (κ1) is 18.7. The average molecular weight is 394 g/mol. The molecule has 1 fully saturated rings. The van der Waals surface area contributed by atoms with E-state index in [0.29, 0.717) is 17.1 Å². The van der Waals surface area contributed by atoms with Crippen molar-refractivity contribution in [3.8, 4) is 0 Å². The largest absolute Gasteiger partial charge is 0.369 e. The number of halogens is 1. The third kappa shape index (κ3) is 3.99. The normalized spacial score (nSPS) is 18.5. The van der Waals surface area contributed by atoms with Gasteiger partial charge in [0.05, 0.1) is 23.4 Å². The number of anilines is 2. The van der Waals surface area contributed by atoms with Gasteiger partial charge in [-0.2, -0.15) is 0 Å². The molecule has 1 aromatic heterocycles. The molecule has 1 amide bonds. The molecule has 6 nitrogen and oxygen atoms in total. The highest BCUT2D eigenvalue weighted by Gasteiger charge is 2.30. The van der Waals surface area contributed by atoms with E-state index in [0.717, 1.165) is 11.3 Å². The number of nitrogens with zero attached hydrogens (tertiary/aromatic N) is 2. The summed E-state index contributed by atoms with van der Waals surface area (Å²) in [6.07, 6.45) is 2.19. The number of benzene rings is 1. The van der Waals surface area contributed by atoms with E-state index in [1.165, 1.54) is 0 Å². The van der Waals surface area contributed by atoms with Crippen molar-refractivity contribution < 1.29 is 13.2 Å². The molecule has 8 heteroatoms. The Kier molecular flexibility index (Phi) is 5.20. The Hall–Kier alpha value is -2.12. The quantitative estimate of drug-likeness (QED) is 0.863. The Labute approximate surface area is 158 Å².